The van der Waals surface area contributed by atoms with Gasteiger partial charge in [0.1, 0.15) is 4.83 Å². The summed E-state index contributed by atoms with van der Waals surface area (Å²) in [7, 11) is 3.99. The first-order valence-electron chi connectivity index (χ1n) is 8.18. The number of pyridine rings is 1. The van der Waals surface area contributed by atoms with E-state index in [1.165, 1.54) is 11.3 Å². The Bertz CT molecular complexity index is 1070. The van der Waals surface area contributed by atoms with Crippen molar-refractivity contribution in [2.75, 3.05) is 23.9 Å². The van der Waals surface area contributed by atoms with Crippen molar-refractivity contribution in [3.63, 3.8) is 0 Å². The average molecular weight is 360 g/mol. The maximum Gasteiger partial charge on any atom is 0.272 e. The van der Waals surface area contributed by atoms with E-state index in [1.54, 1.807) is 35.4 Å². The quantitative estimate of drug-likeness (QED) is 0.694. The van der Waals surface area contributed by atoms with E-state index in [0.717, 1.165) is 32.0 Å². The number of allylic oxidation sites excluding steroid dienone is 1. The molecule has 0 atom stereocenters. The molecule has 0 radical (unpaired) electrons. The number of rotatable bonds is 2. The summed E-state index contributed by atoms with van der Waals surface area (Å²) in [6, 6.07) is 11.1. The molecule has 0 N–H and O–H groups in total. The van der Waals surface area contributed by atoms with Crippen LogP contribution in [-0.4, -0.2) is 25.0 Å². The summed E-state index contributed by atoms with van der Waals surface area (Å²) in [5.74, 6) is -0.0637. The van der Waals surface area contributed by atoms with Crippen molar-refractivity contribution in [3.05, 3.63) is 64.8 Å². The van der Waals surface area contributed by atoms with Crippen molar-refractivity contribution in [2.45, 2.75) is 6.42 Å². The van der Waals surface area contributed by atoms with Crippen LogP contribution in [0.3, 0.4) is 0 Å². The van der Waals surface area contributed by atoms with Gasteiger partial charge in [-0.25, -0.2) is 4.98 Å². The molecule has 6 heteroatoms. The Hall–Kier alpha value is -3.17. The number of fused-ring (bicyclic) bond motifs is 3. The summed E-state index contributed by atoms with van der Waals surface area (Å²) >= 11 is 1.44. The zero-order valence-corrected chi connectivity index (χ0v) is 15.2. The molecule has 128 valence electrons. The Morgan fingerprint density at radius 3 is 2.69 bits per heavy atom. The molecule has 0 saturated carbocycles. The van der Waals surface area contributed by atoms with Gasteiger partial charge in [-0.15, -0.1) is 11.3 Å². The Balaban J connectivity index is 1.85. The predicted octanol–water partition coefficient (Wildman–Crippen LogP) is 3.95. The molecule has 1 aromatic carbocycles. The second kappa shape index (κ2) is 6.28. The van der Waals surface area contributed by atoms with Crippen LogP contribution < -0.4 is 9.80 Å². The lowest BCUT2D eigenvalue weighted by Crippen LogP contribution is -2.24. The molecule has 0 unspecified atom stereocenters. The van der Waals surface area contributed by atoms with Gasteiger partial charge in [0.15, 0.2) is 0 Å². The van der Waals surface area contributed by atoms with Gasteiger partial charge in [0.25, 0.3) is 5.91 Å². The SMILES string of the molecule is CN(C)c1ccnc2sc3c(c12)CC=CN(c1ccc(C#N)cc1)C3=O. The number of benzene rings is 1. The standard InChI is InChI=1S/C20H16N4OS/c1-23(2)16-9-10-22-19-17(16)15-4-3-11-24(20(25)18(15)26-19)14-7-5-13(12-21)6-8-14/h3,5-11H,4H2,1-2H3. The Morgan fingerprint density at radius 2 is 2.00 bits per heavy atom. The molecule has 2 aromatic heterocycles. The number of carbonyl (C=O) groups excluding carboxylic acids is 1. The van der Waals surface area contributed by atoms with Gasteiger partial charge in [-0.2, -0.15) is 5.26 Å². The van der Waals surface area contributed by atoms with Crippen LogP contribution in [0.25, 0.3) is 10.2 Å². The highest BCUT2D eigenvalue weighted by molar-refractivity contribution is 7.20. The van der Waals surface area contributed by atoms with Crippen molar-refractivity contribution in [3.8, 4) is 6.07 Å². The van der Waals surface area contributed by atoms with Gasteiger partial charge in [0.05, 0.1) is 16.5 Å². The maximum atomic E-state index is 13.2. The zero-order chi connectivity index (χ0) is 18.3. The van der Waals surface area contributed by atoms with Crippen LogP contribution in [0.15, 0.2) is 48.8 Å². The normalized spacial score (nSPS) is 13.4. The van der Waals surface area contributed by atoms with E-state index in [1.807, 2.05) is 32.4 Å². The summed E-state index contributed by atoms with van der Waals surface area (Å²) in [4.78, 5) is 23.0. The number of amides is 1. The molecule has 3 aromatic rings. The molecule has 5 nitrogen and oxygen atoms in total. The number of carbonyl (C=O) groups is 1. The maximum absolute atomic E-state index is 13.2. The third-order valence-electron chi connectivity index (χ3n) is 4.41. The fourth-order valence-corrected chi connectivity index (χ4v) is 4.29. The van der Waals surface area contributed by atoms with Crippen LogP contribution in [-0.2, 0) is 6.42 Å². The minimum absolute atomic E-state index is 0.0637. The molecule has 0 aliphatic carbocycles. The van der Waals surface area contributed by atoms with Crippen molar-refractivity contribution in [2.24, 2.45) is 0 Å². The molecular formula is C20H16N4OS. The van der Waals surface area contributed by atoms with Gasteiger partial charge in [-0.1, -0.05) is 6.08 Å². The monoisotopic (exact) mass is 360 g/mol. The van der Waals surface area contributed by atoms with Crippen LogP contribution in [0.4, 0.5) is 11.4 Å². The van der Waals surface area contributed by atoms with Crippen LogP contribution >= 0.6 is 11.3 Å². The van der Waals surface area contributed by atoms with E-state index >= 15 is 0 Å². The number of nitriles is 1. The van der Waals surface area contributed by atoms with Gasteiger partial charge in [0, 0.05) is 43.3 Å². The van der Waals surface area contributed by atoms with Crippen molar-refractivity contribution >= 4 is 38.8 Å². The zero-order valence-electron chi connectivity index (χ0n) is 14.4. The Morgan fingerprint density at radius 1 is 1.23 bits per heavy atom. The van der Waals surface area contributed by atoms with Gasteiger partial charge >= 0.3 is 0 Å². The number of aromatic nitrogens is 1. The number of hydrogen-bond acceptors (Lipinski definition) is 5. The summed E-state index contributed by atoms with van der Waals surface area (Å²) in [6.45, 7) is 0. The van der Waals surface area contributed by atoms with E-state index in [-0.39, 0.29) is 5.91 Å². The highest BCUT2D eigenvalue weighted by Crippen LogP contribution is 2.38. The van der Waals surface area contributed by atoms with Gasteiger partial charge in [-0.3, -0.25) is 9.69 Å². The van der Waals surface area contributed by atoms with E-state index in [0.29, 0.717) is 12.0 Å². The molecule has 4 rings (SSSR count). The molecule has 0 spiro atoms. The van der Waals surface area contributed by atoms with Crippen molar-refractivity contribution in [1.82, 2.24) is 4.98 Å². The van der Waals surface area contributed by atoms with E-state index in [2.05, 4.69) is 16.0 Å². The minimum Gasteiger partial charge on any atom is -0.377 e. The Kier molecular flexibility index (Phi) is 3.94. The smallest absolute Gasteiger partial charge is 0.272 e. The predicted molar refractivity (Wildman–Crippen MR) is 105 cm³/mol. The van der Waals surface area contributed by atoms with Gasteiger partial charge in [-0.05, 0) is 42.3 Å². The first-order valence-corrected chi connectivity index (χ1v) is 9.00. The first kappa shape index (κ1) is 16.3. The highest BCUT2D eigenvalue weighted by atomic mass is 32.1. The molecule has 26 heavy (non-hydrogen) atoms. The van der Waals surface area contributed by atoms with Crippen LogP contribution in [0.2, 0.25) is 0 Å². The lowest BCUT2D eigenvalue weighted by molar-refractivity contribution is 0.100. The summed E-state index contributed by atoms with van der Waals surface area (Å²) in [5.41, 5.74) is 3.42. The number of thiophene rings is 1. The fourth-order valence-electron chi connectivity index (χ4n) is 3.16. The summed E-state index contributed by atoms with van der Waals surface area (Å²) in [6.07, 6.45) is 6.28. The third-order valence-corrected chi connectivity index (χ3v) is 5.54. The van der Waals surface area contributed by atoms with Gasteiger partial charge < -0.3 is 4.90 Å². The molecule has 0 fully saturated rings. The van der Waals surface area contributed by atoms with Crippen LogP contribution in [0, 0.1) is 11.3 Å². The second-order valence-corrected chi connectivity index (χ2v) is 7.24. The number of nitrogens with zero attached hydrogens (tertiary/aromatic N) is 4. The van der Waals surface area contributed by atoms with E-state index < -0.39 is 0 Å². The third kappa shape index (κ3) is 2.54. The van der Waals surface area contributed by atoms with Crippen LogP contribution in [0.5, 0.6) is 0 Å². The fraction of sp³-hybridized carbons (Fsp3) is 0.150. The highest BCUT2D eigenvalue weighted by Gasteiger charge is 2.27. The van der Waals surface area contributed by atoms with Crippen LogP contribution in [0.1, 0.15) is 20.8 Å². The summed E-state index contributed by atoms with van der Waals surface area (Å²) < 4.78 is 0. The molecule has 0 saturated heterocycles. The summed E-state index contributed by atoms with van der Waals surface area (Å²) in [5, 5.41) is 10.0. The topological polar surface area (TPSA) is 60.2 Å². The lowest BCUT2D eigenvalue weighted by atomic mass is 10.1. The molecule has 0 bridgehead atoms. The molecule has 3 heterocycles. The molecule has 1 aliphatic rings. The molecule has 1 aliphatic heterocycles. The Labute approximate surface area is 155 Å². The van der Waals surface area contributed by atoms with Gasteiger partial charge in [0.2, 0.25) is 0 Å². The largest absolute Gasteiger partial charge is 0.377 e. The van der Waals surface area contributed by atoms with Crippen molar-refractivity contribution in [1.29, 1.82) is 5.26 Å². The van der Waals surface area contributed by atoms with E-state index in [9.17, 15) is 4.79 Å². The van der Waals surface area contributed by atoms with Crippen molar-refractivity contribution < 1.29 is 4.79 Å². The van der Waals surface area contributed by atoms with E-state index in [4.69, 9.17) is 5.26 Å². The lowest BCUT2D eigenvalue weighted by Gasteiger charge is -2.17. The second-order valence-electron chi connectivity index (χ2n) is 6.24. The number of hydrogen-bond donors (Lipinski definition) is 0. The first-order chi connectivity index (χ1) is 12.6. The average Bonchev–Trinajstić information content (AvgIpc) is 2.95. The number of anilines is 2. The molecule has 1 amide bonds. The molecular weight excluding hydrogens is 344 g/mol. The minimum atomic E-state index is -0.0637.